The highest BCUT2D eigenvalue weighted by Crippen LogP contribution is 2.40. The lowest BCUT2D eigenvalue weighted by Gasteiger charge is -2.36. The van der Waals surface area contributed by atoms with E-state index in [1.165, 1.54) is 44.9 Å². The third-order valence-electron chi connectivity index (χ3n) is 5.17. The lowest BCUT2D eigenvalue weighted by molar-refractivity contribution is 0.00710. The number of likely N-dealkylation sites (N-methyl/N-ethyl adjacent to an activating group) is 1. The molecule has 0 saturated heterocycles. The van der Waals surface area contributed by atoms with Crippen LogP contribution in [-0.2, 0) is 0 Å². The minimum atomic E-state index is -0.143. The van der Waals surface area contributed by atoms with Gasteiger partial charge < -0.3 is 5.11 Å². The van der Waals surface area contributed by atoms with E-state index in [1.54, 1.807) is 0 Å². The van der Waals surface area contributed by atoms with Crippen molar-refractivity contribution < 1.29 is 5.11 Å². The number of aliphatic hydroxyl groups is 1. The van der Waals surface area contributed by atoms with E-state index in [-0.39, 0.29) is 11.5 Å². The topological polar surface area (TPSA) is 23.5 Å². The molecule has 2 heteroatoms. The van der Waals surface area contributed by atoms with Crippen LogP contribution in [0.15, 0.2) is 0 Å². The van der Waals surface area contributed by atoms with Crippen LogP contribution >= 0.6 is 0 Å². The maximum atomic E-state index is 10.4. The van der Waals surface area contributed by atoms with Crippen molar-refractivity contribution in [1.82, 2.24) is 4.90 Å². The number of hydrogen-bond acceptors (Lipinski definition) is 2. The van der Waals surface area contributed by atoms with Crippen LogP contribution in [0.25, 0.3) is 0 Å². The molecule has 2 aliphatic carbocycles. The minimum Gasteiger partial charge on any atom is -0.391 e. The quantitative estimate of drug-likeness (QED) is 0.748. The second-order valence-corrected chi connectivity index (χ2v) is 6.85. The van der Waals surface area contributed by atoms with Crippen LogP contribution in [0.4, 0.5) is 0 Å². The lowest BCUT2D eigenvalue weighted by Crippen LogP contribution is -2.46. The number of hydrogen-bond donors (Lipinski definition) is 1. The first-order valence-electron chi connectivity index (χ1n) is 7.42. The van der Waals surface area contributed by atoms with Crippen molar-refractivity contribution in [3.8, 4) is 0 Å². The van der Waals surface area contributed by atoms with Gasteiger partial charge in [-0.1, -0.05) is 39.5 Å². The van der Waals surface area contributed by atoms with Crippen LogP contribution in [0.1, 0.15) is 65.2 Å². The Kier molecular flexibility index (Phi) is 4.14. The zero-order valence-corrected chi connectivity index (χ0v) is 11.8. The Labute approximate surface area is 106 Å². The van der Waals surface area contributed by atoms with E-state index in [4.69, 9.17) is 0 Å². The van der Waals surface area contributed by atoms with Gasteiger partial charge in [-0.3, -0.25) is 4.90 Å². The van der Waals surface area contributed by atoms with Crippen molar-refractivity contribution in [3.05, 3.63) is 0 Å². The van der Waals surface area contributed by atoms with Crippen LogP contribution in [0.5, 0.6) is 0 Å². The van der Waals surface area contributed by atoms with Gasteiger partial charge in [0.1, 0.15) is 0 Å². The summed E-state index contributed by atoms with van der Waals surface area (Å²) in [6.07, 6.45) is 10.4. The molecule has 0 bridgehead atoms. The van der Waals surface area contributed by atoms with Crippen LogP contribution in [-0.4, -0.2) is 35.2 Å². The smallest absolute Gasteiger partial charge is 0.0746 e. The van der Waals surface area contributed by atoms with Gasteiger partial charge in [0.15, 0.2) is 0 Å². The highest BCUT2D eigenvalue weighted by Gasteiger charge is 2.43. The van der Waals surface area contributed by atoms with E-state index < -0.39 is 0 Å². The van der Waals surface area contributed by atoms with Crippen molar-refractivity contribution in [2.24, 2.45) is 5.41 Å². The second kappa shape index (κ2) is 5.27. The molecule has 0 spiro atoms. The molecule has 2 aliphatic rings. The fourth-order valence-corrected chi connectivity index (χ4v) is 3.71. The molecule has 0 aromatic heterocycles. The van der Waals surface area contributed by atoms with Crippen molar-refractivity contribution in [2.45, 2.75) is 83.4 Å². The van der Waals surface area contributed by atoms with Gasteiger partial charge in [0.2, 0.25) is 0 Å². The van der Waals surface area contributed by atoms with Gasteiger partial charge >= 0.3 is 0 Å². The molecular formula is C15H29NO. The molecule has 0 heterocycles. The third-order valence-corrected chi connectivity index (χ3v) is 5.17. The molecule has 1 N–H and O–H groups in total. The number of nitrogens with zero attached hydrogens (tertiary/aromatic N) is 1. The molecule has 2 saturated carbocycles. The molecule has 2 atom stereocenters. The highest BCUT2D eigenvalue weighted by atomic mass is 16.3. The van der Waals surface area contributed by atoms with E-state index in [0.29, 0.717) is 12.1 Å². The first-order chi connectivity index (χ1) is 8.02. The Balaban J connectivity index is 1.97. The van der Waals surface area contributed by atoms with Crippen LogP contribution in [0.3, 0.4) is 0 Å². The van der Waals surface area contributed by atoms with E-state index in [1.807, 2.05) is 0 Å². The zero-order chi connectivity index (χ0) is 12.5. The maximum Gasteiger partial charge on any atom is 0.0746 e. The van der Waals surface area contributed by atoms with E-state index in [2.05, 4.69) is 25.8 Å². The molecule has 2 fully saturated rings. The Morgan fingerprint density at radius 1 is 1.00 bits per heavy atom. The van der Waals surface area contributed by atoms with E-state index in [0.717, 1.165) is 6.42 Å². The predicted molar refractivity (Wildman–Crippen MR) is 72.1 cm³/mol. The number of rotatable bonds is 2. The summed E-state index contributed by atoms with van der Waals surface area (Å²) >= 11 is 0. The fourth-order valence-electron chi connectivity index (χ4n) is 3.71. The molecule has 100 valence electrons. The first kappa shape index (κ1) is 13.4. The standard InChI is InChI=1S/C15H29NO/c1-15(2)11-10-13(14(15)17)16(3)12-8-6-4-5-7-9-12/h12-14,17H,4-11H2,1-3H3. The third kappa shape index (κ3) is 2.85. The Hall–Kier alpha value is -0.0800. The van der Waals surface area contributed by atoms with Crippen molar-refractivity contribution in [1.29, 1.82) is 0 Å². The molecule has 0 radical (unpaired) electrons. The molecule has 0 amide bonds. The average molecular weight is 239 g/mol. The molecular weight excluding hydrogens is 210 g/mol. The van der Waals surface area contributed by atoms with Crippen molar-refractivity contribution in [2.75, 3.05) is 7.05 Å². The summed E-state index contributed by atoms with van der Waals surface area (Å²) in [7, 11) is 2.24. The second-order valence-electron chi connectivity index (χ2n) is 6.85. The normalized spacial score (nSPS) is 35.1. The molecule has 2 unspecified atom stereocenters. The average Bonchev–Trinajstić information content (AvgIpc) is 2.52. The molecule has 0 aliphatic heterocycles. The predicted octanol–water partition coefficient (Wildman–Crippen LogP) is 3.19. The van der Waals surface area contributed by atoms with Gasteiger partial charge in [-0.15, -0.1) is 0 Å². The minimum absolute atomic E-state index is 0.115. The summed E-state index contributed by atoms with van der Waals surface area (Å²) in [5, 5.41) is 10.4. The summed E-state index contributed by atoms with van der Waals surface area (Å²) < 4.78 is 0. The summed E-state index contributed by atoms with van der Waals surface area (Å²) in [5.41, 5.74) is 0.115. The van der Waals surface area contributed by atoms with Gasteiger partial charge in [-0.2, -0.15) is 0 Å². The van der Waals surface area contributed by atoms with Gasteiger partial charge in [-0.05, 0) is 38.1 Å². The zero-order valence-electron chi connectivity index (χ0n) is 11.8. The van der Waals surface area contributed by atoms with Crippen LogP contribution in [0.2, 0.25) is 0 Å². The van der Waals surface area contributed by atoms with Crippen molar-refractivity contribution >= 4 is 0 Å². The van der Waals surface area contributed by atoms with Crippen molar-refractivity contribution in [3.63, 3.8) is 0 Å². The Morgan fingerprint density at radius 2 is 1.59 bits per heavy atom. The Morgan fingerprint density at radius 3 is 2.06 bits per heavy atom. The monoisotopic (exact) mass is 239 g/mol. The fraction of sp³-hybridized carbons (Fsp3) is 1.00. The van der Waals surface area contributed by atoms with Gasteiger partial charge in [0.25, 0.3) is 0 Å². The van der Waals surface area contributed by atoms with Gasteiger partial charge in [0, 0.05) is 12.1 Å². The first-order valence-corrected chi connectivity index (χ1v) is 7.42. The van der Waals surface area contributed by atoms with Crippen LogP contribution in [0, 0.1) is 5.41 Å². The maximum absolute atomic E-state index is 10.4. The SMILES string of the molecule is CN(C1CCCCCC1)C1CCC(C)(C)C1O. The highest BCUT2D eigenvalue weighted by molar-refractivity contribution is 4.97. The molecule has 17 heavy (non-hydrogen) atoms. The Bertz CT molecular complexity index is 243. The summed E-state index contributed by atoms with van der Waals surface area (Å²) in [5.74, 6) is 0. The van der Waals surface area contributed by atoms with Crippen LogP contribution < -0.4 is 0 Å². The van der Waals surface area contributed by atoms with Gasteiger partial charge in [-0.25, -0.2) is 0 Å². The number of aliphatic hydroxyl groups excluding tert-OH is 1. The lowest BCUT2D eigenvalue weighted by atomic mass is 9.88. The summed E-state index contributed by atoms with van der Waals surface area (Å²) in [4.78, 5) is 2.50. The largest absolute Gasteiger partial charge is 0.391 e. The molecule has 0 aromatic rings. The molecule has 2 nitrogen and oxygen atoms in total. The van der Waals surface area contributed by atoms with E-state index >= 15 is 0 Å². The molecule has 0 aromatic carbocycles. The summed E-state index contributed by atoms with van der Waals surface area (Å²) in [6.45, 7) is 4.41. The molecule has 2 rings (SSSR count). The van der Waals surface area contributed by atoms with Gasteiger partial charge in [0.05, 0.1) is 6.10 Å². The summed E-state index contributed by atoms with van der Waals surface area (Å²) in [6, 6.07) is 1.11. The van der Waals surface area contributed by atoms with E-state index in [9.17, 15) is 5.11 Å².